The largest absolute Gasteiger partial charge is 0.346 e. The number of carbonyl (C=O) groups excluding carboxylic acids is 2. The molecule has 1 aliphatic rings. The van der Waals surface area contributed by atoms with E-state index in [2.05, 4.69) is 0 Å². The Balaban J connectivity index is 2.32. The smallest absolute Gasteiger partial charge is 0.224 e. The standard InChI is InChI=1S/C16H20N2O2/c1-4-17(3)16(20)11-15-14-8-6-5-7-13(14)9-10-18(15)12(2)19/h5-10,15H,4,11H2,1-3H3. The van der Waals surface area contributed by atoms with E-state index in [1.807, 2.05) is 37.3 Å². The van der Waals surface area contributed by atoms with E-state index in [9.17, 15) is 9.59 Å². The summed E-state index contributed by atoms with van der Waals surface area (Å²) in [6.45, 7) is 4.14. The predicted octanol–water partition coefficient (Wildman–Crippen LogP) is 2.43. The molecule has 1 atom stereocenters. The van der Waals surface area contributed by atoms with E-state index in [0.717, 1.165) is 11.1 Å². The quantitative estimate of drug-likeness (QED) is 0.848. The zero-order valence-electron chi connectivity index (χ0n) is 12.2. The van der Waals surface area contributed by atoms with E-state index < -0.39 is 0 Å². The molecule has 2 rings (SSSR count). The lowest BCUT2D eigenvalue weighted by atomic mass is 9.93. The Hall–Kier alpha value is -2.10. The van der Waals surface area contributed by atoms with Crippen LogP contribution < -0.4 is 0 Å². The van der Waals surface area contributed by atoms with Crippen molar-refractivity contribution in [1.82, 2.24) is 9.80 Å². The van der Waals surface area contributed by atoms with Gasteiger partial charge in [0.15, 0.2) is 0 Å². The highest BCUT2D eigenvalue weighted by atomic mass is 16.2. The Morgan fingerprint density at radius 1 is 1.30 bits per heavy atom. The van der Waals surface area contributed by atoms with Gasteiger partial charge in [-0.1, -0.05) is 24.3 Å². The van der Waals surface area contributed by atoms with E-state index in [4.69, 9.17) is 0 Å². The number of carbonyl (C=O) groups is 2. The van der Waals surface area contributed by atoms with Crippen molar-refractivity contribution in [3.05, 3.63) is 41.6 Å². The molecule has 1 aromatic rings. The average Bonchev–Trinajstić information content (AvgIpc) is 2.46. The summed E-state index contributed by atoms with van der Waals surface area (Å²) in [6, 6.07) is 7.68. The second-order valence-corrected chi connectivity index (χ2v) is 5.00. The van der Waals surface area contributed by atoms with E-state index in [0.29, 0.717) is 13.0 Å². The molecule has 0 N–H and O–H groups in total. The minimum atomic E-state index is -0.213. The van der Waals surface area contributed by atoms with Gasteiger partial charge in [-0.3, -0.25) is 9.59 Å². The van der Waals surface area contributed by atoms with Crippen LogP contribution >= 0.6 is 0 Å². The molecule has 1 aliphatic heterocycles. The van der Waals surface area contributed by atoms with E-state index in [1.165, 1.54) is 6.92 Å². The van der Waals surface area contributed by atoms with Crippen LogP contribution in [0.15, 0.2) is 30.5 Å². The van der Waals surface area contributed by atoms with E-state index in [1.54, 1.807) is 23.0 Å². The molecular weight excluding hydrogens is 252 g/mol. The zero-order valence-corrected chi connectivity index (χ0v) is 12.2. The number of nitrogens with zero attached hydrogens (tertiary/aromatic N) is 2. The molecule has 1 aromatic carbocycles. The predicted molar refractivity (Wildman–Crippen MR) is 78.7 cm³/mol. The first-order chi connectivity index (χ1) is 9.54. The molecule has 0 bridgehead atoms. The maximum absolute atomic E-state index is 12.2. The van der Waals surface area contributed by atoms with Crippen molar-refractivity contribution in [2.45, 2.75) is 26.3 Å². The fourth-order valence-corrected chi connectivity index (χ4v) is 2.41. The SMILES string of the molecule is CCN(C)C(=O)CC1c2ccccc2C=CN1C(C)=O. The Kier molecular flexibility index (Phi) is 4.23. The highest BCUT2D eigenvalue weighted by molar-refractivity contribution is 5.81. The first kappa shape index (κ1) is 14.3. The van der Waals surface area contributed by atoms with Crippen LogP contribution in [0.2, 0.25) is 0 Å². The van der Waals surface area contributed by atoms with Gasteiger partial charge in [-0.15, -0.1) is 0 Å². The summed E-state index contributed by atoms with van der Waals surface area (Å²) in [4.78, 5) is 27.3. The second kappa shape index (κ2) is 5.90. The minimum absolute atomic E-state index is 0.0484. The molecule has 4 nitrogen and oxygen atoms in total. The summed E-state index contributed by atoms with van der Waals surface area (Å²) < 4.78 is 0. The number of rotatable bonds is 3. The molecule has 0 fully saturated rings. The van der Waals surface area contributed by atoms with Crippen molar-refractivity contribution < 1.29 is 9.59 Å². The Morgan fingerprint density at radius 2 is 2.00 bits per heavy atom. The van der Waals surface area contributed by atoms with Crippen LogP contribution in [0, 0.1) is 0 Å². The van der Waals surface area contributed by atoms with Gasteiger partial charge in [0.05, 0.1) is 12.5 Å². The number of hydrogen-bond acceptors (Lipinski definition) is 2. The molecule has 1 unspecified atom stereocenters. The molecule has 20 heavy (non-hydrogen) atoms. The van der Waals surface area contributed by atoms with Crippen LogP contribution in [-0.4, -0.2) is 35.2 Å². The molecule has 0 radical (unpaired) electrons. The van der Waals surface area contributed by atoms with Crippen molar-refractivity contribution in [1.29, 1.82) is 0 Å². The Labute approximate surface area is 119 Å². The van der Waals surface area contributed by atoms with Gasteiger partial charge >= 0.3 is 0 Å². The number of fused-ring (bicyclic) bond motifs is 1. The third kappa shape index (κ3) is 2.74. The van der Waals surface area contributed by atoms with Crippen LogP contribution in [0.4, 0.5) is 0 Å². The lowest BCUT2D eigenvalue weighted by molar-refractivity contribution is -0.133. The lowest BCUT2D eigenvalue weighted by Gasteiger charge is -2.33. The van der Waals surface area contributed by atoms with Crippen molar-refractivity contribution >= 4 is 17.9 Å². The van der Waals surface area contributed by atoms with Gasteiger partial charge in [-0.2, -0.15) is 0 Å². The average molecular weight is 272 g/mol. The molecular formula is C16H20N2O2. The molecule has 0 aliphatic carbocycles. The van der Waals surface area contributed by atoms with Crippen LogP contribution in [0.3, 0.4) is 0 Å². The molecule has 2 amide bonds. The fourth-order valence-electron chi connectivity index (χ4n) is 2.41. The van der Waals surface area contributed by atoms with Crippen LogP contribution in [0.5, 0.6) is 0 Å². The maximum Gasteiger partial charge on any atom is 0.224 e. The molecule has 106 valence electrons. The normalized spacial score (nSPS) is 16.8. The highest BCUT2D eigenvalue weighted by Crippen LogP contribution is 2.33. The van der Waals surface area contributed by atoms with Crippen LogP contribution in [0.1, 0.15) is 37.4 Å². The number of benzene rings is 1. The summed E-state index contributed by atoms with van der Waals surface area (Å²) in [5.74, 6) is 0.00144. The van der Waals surface area contributed by atoms with Crippen LogP contribution in [0.25, 0.3) is 6.08 Å². The summed E-state index contributed by atoms with van der Waals surface area (Å²) in [6.07, 6.45) is 4.00. The van der Waals surface area contributed by atoms with Gasteiger partial charge in [0.1, 0.15) is 0 Å². The van der Waals surface area contributed by atoms with E-state index in [-0.39, 0.29) is 17.9 Å². The van der Waals surface area contributed by atoms with Crippen molar-refractivity contribution in [2.75, 3.05) is 13.6 Å². The van der Waals surface area contributed by atoms with Crippen molar-refractivity contribution in [3.8, 4) is 0 Å². The zero-order chi connectivity index (χ0) is 14.7. The van der Waals surface area contributed by atoms with Crippen molar-refractivity contribution in [2.24, 2.45) is 0 Å². The highest BCUT2D eigenvalue weighted by Gasteiger charge is 2.28. The van der Waals surface area contributed by atoms with Gasteiger partial charge in [0, 0.05) is 26.7 Å². The van der Waals surface area contributed by atoms with Gasteiger partial charge in [0.2, 0.25) is 11.8 Å². The Bertz CT molecular complexity index is 551. The third-order valence-electron chi connectivity index (χ3n) is 3.74. The van der Waals surface area contributed by atoms with Crippen molar-refractivity contribution in [3.63, 3.8) is 0 Å². The van der Waals surface area contributed by atoms with Gasteiger partial charge < -0.3 is 9.80 Å². The summed E-state index contributed by atoms with van der Waals surface area (Å²) in [5, 5.41) is 0. The first-order valence-electron chi connectivity index (χ1n) is 6.84. The summed E-state index contributed by atoms with van der Waals surface area (Å²) in [5.41, 5.74) is 2.10. The fraction of sp³-hybridized carbons (Fsp3) is 0.375. The summed E-state index contributed by atoms with van der Waals surface area (Å²) in [7, 11) is 1.78. The molecule has 0 aromatic heterocycles. The number of amides is 2. The monoisotopic (exact) mass is 272 g/mol. The maximum atomic E-state index is 12.2. The molecule has 0 saturated carbocycles. The van der Waals surface area contributed by atoms with Gasteiger partial charge in [-0.25, -0.2) is 0 Å². The van der Waals surface area contributed by atoms with Gasteiger partial charge in [-0.05, 0) is 24.1 Å². The third-order valence-corrected chi connectivity index (χ3v) is 3.74. The lowest BCUT2D eigenvalue weighted by Crippen LogP contribution is -2.35. The molecule has 1 heterocycles. The molecule has 0 saturated heterocycles. The second-order valence-electron chi connectivity index (χ2n) is 5.00. The summed E-state index contributed by atoms with van der Waals surface area (Å²) >= 11 is 0. The number of hydrogen-bond donors (Lipinski definition) is 0. The topological polar surface area (TPSA) is 40.6 Å². The minimum Gasteiger partial charge on any atom is -0.346 e. The van der Waals surface area contributed by atoms with Crippen LogP contribution in [-0.2, 0) is 9.59 Å². The Morgan fingerprint density at radius 3 is 2.65 bits per heavy atom. The van der Waals surface area contributed by atoms with E-state index >= 15 is 0 Å². The van der Waals surface area contributed by atoms with Gasteiger partial charge in [0.25, 0.3) is 0 Å². The molecule has 0 spiro atoms. The first-order valence-corrected chi connectivity index (χ1v) is 6.84. The molecule has 4 heteroatoms.